The molecule has 0 aliphatic carbocycles. The Morgan fingerprint density at radius 1 is 1.12 bits per heavy atom. The van der Waals surface area contributed by atoms with Crippen molar-refractivity contribution in [1.82, 2.24) is 5.32 Å². The fourth-order valence-corrected chi connectivity index (χ4v) is 2.86. The van der Waals surface area contributed by atoms with Gasteiger partial charge in [-0.05, 0) is 35.7 Å². The second-order valence-electron chi connectivity index (χ2n) is 6.49. The highest BCUT2D eigenvalue weighted by Gasteiger charge is 2.22. The van der Waals surface area contributed by atoms with Crippen LogP contribution in [0, 0.1) is 5.92 Å². The van der Waals surface area contributed by atoms with Crippen LogP contribution in [-0.4, -0.2) is 16.9 Å². The fraction of sp³-hybridized carbons (Fsp3) is 0.200. The number of aromatic hydroxyl groups is 1. The third-order valence-electron chi connectivity index (χ3n) is 4.25. The highest BCUT2D eigenvalue weighted by Crippen LogP contribution is 2.28. The fourth-order valence-electron chi connectivity index (χ4n) is 2.86. The van der Waals surface area contributed by atoms with Crippen molar-refractivity contribution in [1.29, 1.82) is 0 Å². The molecule has 2 amide bonds. The molecule has 0 bridgehead atoms. The Morgan fingerprint density at radius 3 is 2.38 bits per heavy atom. The van der Waals surface area contributed by atoms with Crippen molar-refractivity contribution in [3.63, 3.8) is 0 Å². The topological polar surface area (TPSA) is 106 Å². The van der Waals surface area contributed by atoms with Gasteiger partial charge >= 0.3 is 0 Å². The van der Waals surface area contributed by atoms with E-state index in [1.165, 1.54) is 6.07 Å². The Labute approximate surface area is 150 Å². The van der Waals surface area contributed by atoms with Crippen LogP contribution < -0.4 is 11.1 Å². The molecule has 1 aromatic heterocycles. The third-order valence-corrected chi connectivity index (χ3v) is 4.25. The van der Waals surface area contributed by atoms with E-state index in [4.69, 9.17) is 10.2 Å². The maximum absolute atomic E-state index is 12.6. The highest BCUT2D eigenvalue weighted by molar-refractivity contribution is 5.97. The van der Waals surface area contributed by atoms with E-state index in [-0.39, 0.29) is 35.0 Å². The maximum Gasteiger partial charge on any atom is 0.287 e. The van der Waals surface area contributed by atoms with Gasteiger partial charge in [0.1, 0.15) is 0 Å². The number of nitrogens with two attached hydrogens (primary N) is 1. The van der Waals surface area contributed by atoms with Crippen LogP contribution in [0.5, 0.6) is 5.75 Å². The number of fused-ring (bicyclic) bond motifs is 1. The monoisotopic (exact) mass is 352 g/mol. The Bertz CT molecular complexity index is 958. The lowest BCUT2D eigenvalue weighted by molar-refractivity contribution is 0.0898. The number of primary amides is 1. The molecule has 0 radical (unpaired) electrons. The summed E-state index contributed by atoms with van der Waals surface area (Å²) in [6.45, 7) is 3.97. The number of furan rings is 1. The van der Waals surface area contributed by atoms with Gasteiger partial charge in [0, 0.05) is 10.9 Å². The van der Waals surface area contributed by atoms with E-state index in [2.05, 4.69) is 5.32 Å². The predicted molar refractivity (Wildman–Crippen MR) is 97.9 cm³/mol. The minimum absolute atomic E-state index is 0.0102. The van der Waals surface area contributed by atoms with Crippen molar-refractivity contribution < 1.29 is 19.1 Å². The van der Waals surface area contributed by atoms with Crippen LogP contribution in [0.2, 0.25) is 0 Å². The van der Waals surface area contributed by atoms with Gasteiger partial charge in [-0.1, -0.05) is 38.1 Å². The van der Waals surface area contributed by atoms with E-state index in [0.717, 1.165) is 5.56 Å². The van der Waals surface area contributed by atoms with E-state index >= 15 is 0 Å². The van der Waals surface area contributed by atoms with Crippen molar-refractivity contribution in [2.45, 2.75) is 19.9 Å². The number of amides is 2. The lowest BCUT2D eigenvalue weighted by Crippen LogP contribution is -2.31. The number of rotatable bonds is 5. The molecule has 26 heavy (non-hydrogen) atoms. The van der Waals surface area contributed by atoms with E-state index in [9.17, 15) is 14.7 Å². The summed E-state index contributed by atoms with van der Waals surface area (Å²) < 4.78 is 5.50. The molecule has 0 saturated heterocycles. The minimum atomic E-state index is -0.497. The standard InChI is InChI=1S/C20H20N2O4/c1-11(2)17(12-6-8-13(9-7-12)19(21)24)22-20(25)16-10-14-4-3-5-15(23)18(14)26-16/h3-11,17,23H,1-2H3,(H2,21,24)(H,22,25). The average molecular weight is 352 g/mol. The zero-order valence-corrected chi connectivity index (χ0v) is 14.5. The van der Waals surface area contributed by atoms with Crippen molar-refractivity contribution in [2.75, 3.05) is 0 Å². The summed E-state index contributed by atoms with van der Waals surface area (Å²) in [5.74, 6) is -0.650. The maximum atomic E-state index is 12.6. The van der Waals surface area contributed by atoms with Crippen LogP contribution in [-0.2, 0) is 0 Å². The highest BCUT2D eigenvalue weighted by atomic mass is 16.4. The first-order chi connectivity index (χ1) is 12.4. The number of carbonyl (C=O) groups is 2. The Balaban J connectivity index is 1.85. The smallest absolute Gasteiger partial charge is 0.287 e. The number of para-hydroxylation sites is 1. The summed E-state index contributed by atoms with van der Waals surface area (Å²) in [7, 11) is 0. The number of phenolic OH excluding ortho intramolecular Hbond substituents is 1. The molecule has 1 heterocycles. The number of carbonyl (C=O) groups excluding carboxylic acids is 2. The van der Waals surface area contributed by atoms with Crippen LogP contribution in [0.3, 0.4) is 0 Å². The quantitative estimate of drug-likeness (QED) is 0.654. The van der Waals surface area contributed by atoms with Gasteiger partial charge in [-0.15, -0.1) is 0 Å². The summed E-state index contributed by atoms with van der Waals surface area (Å²) in [5, 5.41) is 13.4. The number of benzene rings is 2. The molecule has 0 spiro atoms. The predicted octanol–water partition coefficient (Wildman–Crippen LogP) is 3.36. The molecule has 6 nitrogen and oxygen atoms in total. The molecule has 2 aromatic carbocycles. The zero-order chi connectivity index (χ0) is 18.8. The summed E-state index contributed by atoms with van der Waals surface area (Å²) >= 11 is 0. The van der Waals surface area contributed by atoms with Crippen molar-refractivity contribution >= 4 is 22.8 Å². The molecule has 1 atom stereocenters. The minimum Gasteiger partial charge on any atom is -0.504 e. The lowest BCUT2D eigenvalue weighted by atomic mass is 9.95. The number of nitrogens with one attached hydrogen (secondary N) is 1. The number of hydrogen-bond donors (Lipinski definition) is 3. The molecule has 4 N–H and O–H groups in total. The molecular weight excluding hydrogens is 332 g/mol. The summed E-state index contributed by atoms with van der Waals surface area (Å²) in [4.78, 5) is 23.8. The van der Waals surface area contributed by atoms with Gasteiger partial charge in [0.15, 0.2) is 17.1 Å². The molecule has 134 valence electrons. The van der Waals surface area contributed by atoms with Gasteiger partial charge in [0.25, 0.3) is 5.91 Å². The lowest BCUT2D eigenvalue weighted by Gasteiger charge is -2.22. The van der Waals surface area contributed by atoms with Gasteiger partial charge in [-0.3, -0.25) is 9.59 Å². The third kappa shape index (κ3) is 3.39. The van der Waals surface area contributed by atoms with E-state index in [0.29, 0.717) is 10.9 Å². The van der Waals surface area contributed by atoms with Gasteiger partial charge in [-0.2, -0.15) is 0 Å². The Hall–Kier alpha value is -3.28. The zero-order valence-electron chi connectivity index (χ0n) is 14.5. The molecule has 3 rings (SSSR count). The van der Waals surface area contributed by atoms with Crippen molar-refractivity contribution in [3.8, 4) is 5.75 Å². The summed E-state index contributed by atoms with van der Waals surface area (Å²) in [6, 6.07) is 13.1. The first kappa shape index (κ1) is 17.5. The van der Waals surface area contributed by atoms with Gasteiger partial charge in [0.05, 0.1) is 6.04 Å². The number of hydrogen-bond acceptors (Lipinski definition) is 4. The molecule has 0 aliphatic rings. The SMILES string of the molecule is CC(C)C(NC(=O)c1cc2cccc(O)c2o1)c1ccc(C(N)=O)cc1. The molecule has 1 unspecified atom stereocenters. The van der Waals surface area contributed by atoms with Gasteiger partial charge < -0.3 is 20.6 Å². The average Bonchev–Trinajstić information content (AvgIpc) is 3.05. The van der Waals surface area contributed by atoms with Crippen LogP contribution in [0.4, 0.5) is 0 Å². The summed E-state index contributed by atoms with van der Waals surface area (Å²) in [6.07, 6.45) is 0. The largest absolute Gasteiger partial charge is 0.504 e. The van der Waals surface area contributed by atoms with Crippen LogP contribution in [0.15, 0.2) is 52.9 Å². The Kier molecular flexibility index (Phi) is 4.67. The van der Waals surface area contributed by atoms with E-state index in [1.54, 1.807) is 42.5 Å². The molecular formula is C20H20N2O4. The van der Waals surface area contributed by atoms with Gasteiger partial charge in [0.2, 0.25) is 5.91 Å². The molecule has 0 fully saturated rings. The van der Waals surface area contributed by atoms with Crippen molar-refractivity contribution in [2.24, 2.45) is 11.7 Å². The molecule has 3 aromatic rings. The van der Waals surface area contributed by atoms with Crippen LogP contribution >= 0.6 is 0 Å². The molecule has 0 saturated carbocycles. The second kappa shape index (κ2) is 6.92. The summed E-state index contributed by atoms with van der Waals surface area (Å²) in [5.41, 5.74) is 6.82. The van der Waals surface area contributed by atoms with Crippen LogP contribution in [0.1, 0.15) is 46.4 Å². The first-order valence-electron chi connectivity index (χ1n) is 8.29. The number of phenols is 1. The van der Waals surface area contributed by atoms with Crippen molar-refractivity contribution in [3.05, 3.63) is 65.4 Å². The normalized spacial score (nSPS) is 12.3. The second-order valence-corrected chi connectivity index (χ2v) is 6.49. The van der Waals surface area contributed by atoms with Gasteiger partial charge in [-0.25, -0.2) is 0 Å². The van der Waals surface area contributed by atoms with Crippen LogP contribution in [0.25, 0.3) is 11.0 Å². The molecule has 6 heteroatoms. The Morgan fingerprint density at radius 2 is 1.81 bits per heavy atom. The van der Waals surface area contributed by atoms with E-state index in [1.807, 2.05) is 13.8 Å². The molecule has 0 aliphatic heterocycles. The van der Waals surface area contributed by atoms with E-state index < -0.39 is 5.91 Å². The first-order valence-corrected chi connectivity index (χ1v) is 8.29.